The average molecular weight is 316 g/mol. The topological polar surface area (TPSA) is 95.9 Å². The van der Waals surface area contributed by atoms with Crippen LogP contribution in [0.3, 0.4) is 0 Å². The summed E-state index contributed by atoms with van der Waals surface area (Å²) in [7, 11) is 0. The van der Waals surface area contributed by atoms with Crippen LogP contribution in [-0.2, 0) is 9.53 Å². The van der Waals surface area contributed by atoms with Crippen LogP contribution >= 0.6 is 11.6 Å². The van der Waals surface area contributed by atoms with Gasteiger partial charge in [0.05, 0.1) is 12.5 Å². The lowest BCUT2D eigenvalue weighted by atomic mass is 10.1. The lowest BCUT2D eigenvalue weighted by Gasteiger charge is -2.20. The van der Waals surface area contributed by atoms with Crippen LogP contribution < -0.4 is 5.32 Å². The van der Waals surface area contributed by atoms with Crippen LogP contribution in [0.25, 0.3) is 0 Å². The average Bonchev–Trinajstić information content (AvgIpc) is 2.28. The third-order valence-electron chi connectivity index (χ3n) is 2.37. The Morgan fingerprint density at radius 3 is 2.52 bits per heavy atom. The minimum atomic E-state index is -1.25. The number of halogens is 1. The van der Waals surface area contributed by atoms with Gasteiger partial charge in [-0.25, -0.2) is 4.79 Å². The maximum absolute atomic E-state index is 11.6. The van der Waals surface area contributed by atoms with Crippen LogP contribution in [0.2, 0.25) is 5.02 Å². The number of hydrogen-bond acceptors (Lipinski definition) is 4. The van der Waals surface area contributed by atoms with Crippen molar-refractivity contribution in [2.45, 2.75) is 38.9 Å². The van der Waals surface area contributed by atoms with Crippen molar-refractivity contribution in [3.05, 3.63) is 28.8 Å². The Kier molecular flexibility index (Phi) is 5.57. The highest BCUT2D eigenvalue weighted by Crippen LogP contribution is 2.28. The predicted octanol–water partition coefficient (Wildman–Crippen LogP) is 3.20. The number of carbonyl (C=O) groups excluding carboxylic acids is 1. The molecule has 21 heavy (non-hydrogen) atoms. The second-order valence-corrected chi connectivity index (χ2v) is 5.88. The fraction of sp³-hybridized carbons (Fsp3) is 0.429. The zero-order valence-electron chi connectivity index (χ0n) is 12.0. The molecule has 0 saturated carbocycles. The number of carbonyl (C=O) groups is 2. The van der Waals surface area contributed by atoms with Crippen LogP contribution in [0.5, 0.6) is 0 Å². The normalized spacial score (nSPS) is 12.6. The molecular formula is C14H18ClNO5. The highest BCUT2D eigenvalue weighted by molar-refractivity contribution is 6.31. The molecule has 1 rings (SSSR count). The van der Waals surface area contributed by atoms with Crippen molar-refractivity contribution in [1.82, 2.24) is 0 Å². The lowest BCUT2D eigenvalue weighted by Crippen LogP contribution is -2.27. The van der Waals surface area contributed by atoms with Gasteiger partial charge in [-0.15, -0.1) is 0 Å². The summed E-state index contributed by atoms with van der Waals surface area (Å²) in [6, 6.07) is 4.41. The summed E-state index contributed by atoms with van der Waals surface area (Å²) in [4.78, 5) is 22.3. The summed E-state index contributed by atoms with van der Waals surface area (Å²) in [5, 5.41) is 21.2. The summed E-state index contributed by atoms with van der Waals surface area (Å²) in [6.07, 6.45) is -2.38. The largest absolute Gasteiger partial charge is 0.481 e. The Morgan fingerprint density at radius 1 is 1.38 bits per heavy atom. The van der Waals surface area contributed by atoms with Gasteiger partial charge in [-0.1, -0.05) is 11.6 Å². The van der Waals surface area contributed by atoms with E-state index in [2.05, 4.69) is 5.32 Å². The fourth-order valence-corrected chi connectivity index (χ4v) is 1.82. The number of ether oxygens (including phenoxy) is 1. The van der Waals surface area contributed by atoms with E-state index in [0.29, 0.717) is 5.69 Å². The van der Waals surface area contributed by atoms with Gasteiger partial charge < -0.3 is 14.9 Å². The van der Waals surface area contributed by atoms with Crippen molar-refractivity contribution < 1.29 is 24.5 Å². The lowest BCUT2D eigenvalue weighted by molar-refractivity contribution is -0.139. The number of hydrogen-bond donors (Lipinski definition) is 3. The van der Waals surface area contributed by atoms with Crippen molar-refractivity contribution in [3.8, 4) is 0 Å². The van der Waals surface area contributed by atoms with Crippen molar-refractivity contribution >= 4 is 29.4 Å². The Balaban J connectivity index is 2.86. The summed E-state index contributed by atoms with van der Waals surface area (Å²) < 4.78 is 5.10. The van der Waals surface area contributed by atoms with E-state index in [4.69, 9.17) is 21.4 Å². The van der Waals surface area contributed by atoms with E-state index in [1.807, 2.05) is 0 Å². The predicted molar refractivity (Wildman–Crippen MR) is 78.5 cm³/mol. The van der Waals surface area contributed by atoms with Gasteiger partial charge in [0.15, 0.2) is 0 Å². The molecule has 1 atom stereocenters. The minimum absolute atomic E-state index is 0.221. The molecule has 3 N–H and O–H groups in total. The summed E-state index contributed by atoms with van der Waals surface area (Å²) in [5.41, 5.74) is -0.0528. The standard InChI is InChI=1S/C14H18ClNO5/c1-14(2,3)21-13(20)16-8-4-5-10(15)9(6-8)11(17)7-12(18)19/h4-6,11,17H,7H2,1-3H3,(H,16,20)(H,18,19)/t11-/m0/s1. The van der Waals surface area contributed by atoms with E-state index in [1.165, 1.54) is 18.2 Å². The van der Waals surface area contributed by atoms with Crippen LogP contribution in [-0.4, -0.2) is 27.9 Å². The second kappa shape index (κ2) is 6.78. The van der Waals surface area contributed by atoms with E-state index in [-0.39, 0.29) is 10.6 Å². The van der Waals surface area contributed by atoms with Crippen LogP contribution in [0, 0.1) is 0 Å². The molecule has 1 aromatic carbocycles. The number of aliphatic hydroxyl groups excluding tert-OH is 1. The van der Waals surface area contributed by atoms with Crippen molar-refractivity contribution in [1.29, 1.82) is 0 Å². The molecule has 0 spiro atoms. The number of amides is 1. The number of nitrogens with one attached hydrogen (secondary N) is 1. The smallest absolute Gasteiger partial charge is 0.412 e. The molecule has 6 nitrogen and oxygen atoms in total. The van der Waals surface area contributed by atoms with E-state index in [9.17, 15) is 14.7 Å². The van der Waals surface area contributed by atoms with Gasteiger partial charge >= 0.3 is 12.1 Å². The van der Waals surface area contributed by atoms with Gasteiger partial charge in [0.25, 0.3) is 0 Å². The van der Waals surface area contributed by atoms with Crippen LogP contribution in [0.15, 0.2) is 18.2 Å². The summed E-state index contributed by atoms with van der Waals surface area (Å²) in [5.74, 6) is -1.15. The number of anilines is 1. The Bertz CT molecular complexity index is 539. The first kappa shape index (κ1) is 17.3. The highest BCUT2D eigenvalue weighted by atomic mass is 35.5. The number of carboxylic acid groups (broad SMARTS) is 1. The molecule has 0 unspecified atom stereocenters. The molecule has 0 bridgehead atoms. The third kappa shape index (κ3) is 6.01. The molecule has 1 amide bonds. The zero-order valence-corrected chi connectivity index (χ0v) is 12.8. The van der Waals surface area contributed by atoms with E-state index < -0.39 is 30.2 Å². The molecule has 0 heterocycles. The monoisotopic (exact) mass is 315 g/mol. The summed E-state index contributed by atoms with van der Waals surface area (Å²) in [6.45, 7) is 5.20. The van der Waals surface area contributed by atoms with Crippen molar-refractivity contribution in [3.63, 3.8) is 0 Å². The second-order valence-electron chi connectivity index (χ2n) is 5.48. The molecule has 116 valence electrons. The first-order valence-corrected chi connectivity index (χ1v) is 6.65. The maximum atomic E-state index is 11.6. The molecule has 0 radical (unpaired) electrons. The molecule has 0 aliphatic carbocycles. The number of carboxylic acids is 1. The van der Waals surface area contributed by atoms with Crippen molar-refractivity contribution in [2.24, 2.45) is 0 Å². The van der Waals surface area contributed by atoms with Crippen molar-refractivity contribution in [2.75, 3.05) is 5.32 Å². The molecule has 0 aliphatic rings. The number of benzene rings is 1. The molecule has 0 saturated heterocycles. The number of aliphatic carboxylic acids is 1. The molecule has 0 fully saturated rings. The molecule has 0 aromatic heterocycles. The minimum Gasteiger partial charge on any atom is -0.481 e. The quantitative estimate of drug-likeness (QED) is 0.793. The van der Waals surface area contributed by atoms with E-state index in [1.54, 1.807) is 20.8 Å². The molecule has 0 aliphatic heterocycles. The maximum Gasteiger partial charge on any atom is 0.412 e. The third-order valence-corrected chi connectivity index (χ3v) is 2.71. The molecular weight excluding hydrogens is 298 g/mol. The van der Waals surface area contributed by atoms with Crippen LogP contribution in [0.4, 0.5) is 10.5 Å². The molecule has 1 aromatic rings. The number of rotatable bonds is 4. The molecule has 7 heteroatoms. The van der Waals surface area contributed by atoms with Gasteiger partial charge in [0.1, 0.15) is 5.60 Å². The Labute approximate surface area is 127 Å². The van der Waals surface area contributed by atoms with Gasteiger partial charge in [0.2, 0.25) is 0 Å². The van der Waals surface area contributed by atoms with Gasteiger partial charge in [-0.05, 0) is 39.0 Å². The Hall–Kier alpha value is -1.79. The van der Waals surface area contributed by atoms with Gasteiger partial charge in [-0.3, -0.25) is 10.1 Å². The first-order valence-electron chi connectivity index (χ1n) is 6.28. The van der Waals surface area contributed by atoms with E-state index >= 15 is 0 Å². The SMILES string of the molecule is CC(C)(C)OC(=O)Nc1ccc(Cl)c([C@@H](O)CC(=O)O)c1. The van der Waals surface area contributed by atoms with Gasteiger partial charge in [0, 0.05) is 16.3 Å². The van der Waals surface area contributed by atoms with Gasteiger partial charge in [-0.2, -0.15) is 0 Å². The Morgan fingerprint density at radius 2 is 2.00 bits per heavy atom. The van der Waals surface area contributed by atoms with E-state index in [0.717, 1.165) is 0 Å². The highest BCUT2D eigenvalue weighted by Gasteiger charge is 2.19. The first-order chi connectivity index (χ1) is 9.58. The fourth-order valence-electron chi connectivity index (χ4n) is 1.57. The zero-order chi connectivity index (χ0) is 16.2. The van der Waals surface area contributed by atoms with Crippen LogP contribution in [0.1, 0.15) is 38.9 Å². The number of aliphatic hydroxyl groups is 1. The summed E-state index contributed by atoms with van der Waals surface area (Å²) >= 11 is 5.92.